The van der Waals surface area contributed by atoms with Gasteiger partial charge in [0.2, 0.25) is 0 Å². The highest BCUT2D eigenvalue weighted by molar-refractivity contribution is 5.96. The molecule has 5 nitrogen and oxygen atoms in total. The molecule has 3 aromatic heterocycles. The lowest BCUT2D eigenvalue weighted by Gasteiger charge is -2.08. The zero-order valence-corrected chi connectivity index (χ0v) is 25.4. The van der Waals surface area contributed by atoms with Crippen molar-refractivity contribution in [3.63, 3.8) is 0 Å². The number of halogens is 1. The van der Waals surface area contributed by atoms with E-state index in [-0.39, 0.29) is 5.82 Å². The molecule has 0 unspecified atom stereocenters. The van der Waals surface area contributed by atoms with Crippen molar-refractivity contribution in [2.24, 2.45) is 0 Å². The third-order valence-electron chi connectivity index (χ3n) is 8.37. The highest BCUT2D eigenvalue weighted by Gasteiger charge is 2.16. The molecule has 8 rings (SSSR count). The first-order valence-electron chi connectivity index (χ1n) is 15.3. The number of hydrogen-bond acceptors (Lipinski definition) is 3. The minimum Gasteiger partial charge on any atom is -0.355 e. The van der Waals surface area contributed by atoms with Gasteiger partial charge in [-0.25, -0.2) is 14.4 Å². The molecule has 5 heterocycles. The van der Waals surface area contributed by atoms with Crippen LogP contribution in [0.3, 0.4) is 0 Å². The Bertz CT molecular complexity index is 2300. The van der Waals surface area contributed by atoms with Gasteiger partial charge < -0.3 is 15.3 Å². The van der Waals surface area contributed by atoms with Crippen molar-refractivity contribution in [2.75, 3.05) is 5.32 Å². The van der Waals surface area contributed by atoms with Crippen molar-refractivity contribution < 1.29 is 4.39 Å². The van der Waals surface area contributed by atoms with E-state index in [2.05, 4.69) is 126 Å². The average molecular weight is 600 g/mol. The largest absolute Gasteiger partial charge is 0.355 e. The van der Waals surface area contributed by atoms with E-state index < -0.39 is 0 Å². The fourth-order valence-corrected chi connectivity index (χ4v) is 6.00. The number of nitrogens with zero attached hydrogens (tertiary/aromatic N) is 2. The number of benzene rings is 3. The lowest BCUT2D eigenvalue weighted by atomic mass is 10.0. The van der Waals surface area contributed by atoms with Gasteiger partial charge in [-0.15, -0.1) is 0 Å². The number of nitrogens with one attached hydrogen (secondary N) is 3. The van der Waals surface area contributed by atoms with Crippen LogP contribution in [0.15, 0.2) is 103 Å². The van der Waals surface area contributed by atoms with E-state index in [0.717, 1.165) is 78.5 Å². The Morgan fingerprint density at radius 2 is 1.11 bits per heavy atom. The van der Waals surface area contributed by atoms with Crippen LogP contribution in [0.5, 0.6) is 0 Å². The predicted octanol–water partition coefficient (Wildman–Crippen LogP) is 10.5. The number of aromatic amines is 2. The van der Waals surface area contributed by atoms with Gasteiger partial charge >= 0.3 is 0 Å². The molecule has 0 amide bonds. The van der Waals surface area contributed by atoms with Crippen LogP contribution < -0.4 is 5.32 Å². The highest BCUT2D eigenvalue weighted by atomic mass is 19.1. The SMILES string of the molecule is Cc1ccc(-c2c3nc(c(Nc4ccc(F)cc4)c4ccc([nH]4)c(-c4ccc(C)cc4)c4nc(cc5ccc2[nH]5)C=C4)C=C3)cc1. The molecular weight excluding hydrogens is 569 g/mol. The first kappa shape index (κ1) is 27.5. The molecule has 0 atom stereocenters. The number of aromatic nitrogens is 4. The van der Waals surface area contributed by atoms with Gasteiger partial charge in [-0.1, -0.05) is 59.7 Å². The Kier molecular flexibility index (Phi) is 6.68. The summed E-state index contributed by atoms with van der Waals surface area (Å²) in [5.74, 6) is -0.289. The third-order valence-corrected chi connectivity index (χ3v) is 8.37. The highest BCUT2D eigenvalue weighted by Crippen LogP contribution is 2.35. The van der Waals surface area contributed by atoms with Gasteiger partial charge in [-0.05, 0) is 104 Å². The van der Waals surface area contributed by atoms with E-state index in [9.17, 15) is 4.39 Å². The summed E-state index contributed by atoms with van der Waals surface area (Å²) in [6, 6.07) is 33.7. The monoisotopic (exact) mass is 599 g/mol. The number of rotatable bonds is 4. The molecule has 46 heavy (non-hydrogen) atoms. The van der Waals surface area contributed by atoms with Crippen LogP contribution in [0, 0.1) is 19.7 Å². The van der Waals surface area contributed by atoms with Crippen molar-refractivity contribution in [3.05, 3.63) is 143 Å². The van der Waals surface area contributed by atoms with Crippen LogP contribution in [0.4, 0.5) is 15.8 Å². The summed E-state index contributed by atoms with van der Waals surface area (Å²) in [7, 11) is 0. The second-order valence-corrected chi connectivity index (χ2v) is 11.7. The summed E-state index contributed by atoms with van der Waals surface area (Å²) in [5.41, 5.74) is 15.0. The second kappa shape index (κ2) is 11.2. The minimum absolute atomic E-state index is 0.289. The fourth-order valence-electron chi connectivity index (χ4n) is 6.00. The normalized spacial score (nSPS) is 12.1. The maximum Gasteiger partial charge on any atom is 0.123 e. The van der Waals surface area contributed by atoms with Crippen molar-refractivity contribution in [2.45, 2.75) is 13.8 Å². The molecule has 0 aliphatic carbocycles. The summed E-state index contributed by atoms with van der Waals surface area (Å²) >= 11 is 0. The zero-order valence-electron chi connectivity index (χ0n) is 25.4. The van der Waals surface area contributed by atoms with Crippen molar-refractivity contribution in [1.29, 1.82) is 0 Å². The van der Waals surface area contributed by atoms with E-state index in [0.29, 0.717) is 0 Å². The Balaban J connectivity index is 1.48. The maximum atomic E-state index is 13.9. The predicted molar refractivity (Wildman–Crippen MR) is 189 cm³/mol. The Morgan fingerprint density at radius 1 is 0.543 bits per heavy atom. The number of aryl methyl sites for hydroxylation is 2. The summed E-state index contributed by atoms with van der Waals surface area (Å²) in [6.07, 6.45) is 8.20. The van der Waals surface area contributed by atoms with E-state index in [1.54, 1.807) is 12.1 Å². The molecule has 0 radical (unpaired) electrons. The first-order valence-corrected chi connectivity index (χ1v) is 15.3. The van der Waals surface area contributed by atoms with E-state index in [1.165, 1.54) is 23.3 Å². The topological polar surface area (TPSA) is 69.4 Å². The fraction of sp³-hybridized carbons (Fsp3) is 0.0500. The molecule has 3 N–H and O–H groups in total. The van der Waals surface area contributed by atoms with Crippen LogP contribution in [0.25, 0.3) is 68.6 Å². The van der Waals surface area contributed by atoms with Gasteiger partial charge in [0, 0.05) is 33.4 Å². The molecule has 6 aromatic rings. The minimum atomic E-state index is -0.289. The van der Waals surface area contributed by atoms with Crippen LogP contribution in [0.1, 0.15) is 33.9 Å². The average Bonchev–Trinajstić information content (AvgIpc) is 3.89. The summed E-state index contributed by atoms with van der Waals surface area (Å²) < 4.78 is 13.9. The Hall–Kier alpha value is -6.01. The summed E-state index contributed by atoms with van der Waals surface area (Å²) in [4.78, 5) is 17.6. The van der Waals surface area contributed by atoms with Gasteiger partial charge in [0.15, 0.2) is 0 Å². The standard InChI is InChI=1S/C40H30FN5/c1-24-3-7-26(8-4-24)38-32-17-15-30(42-32)23-31-16-18-33(43-31)39(27-9-5-25(2)6-10-27)35-20-22-37(46-35)40(36-21-19-34(38)45-36)44-29-13-11-28(41)12-14-29/h3-23,42,44,46H,1-2H3. The number of fused-ring (bicyclic) bond motifs is 8. The van der Waals surface area contributed by atoms with Crippen molar-refractivity contribution >= 4 is 57.7 Å². The number of H-pyrrole nitrogens is 2. The molecule has 6 heteroatoms. The van der Waals surface area contributed by atoms with Crippen LogP contribution in [-0.4, -0.2) is 19.9 Å². The lowest BCUT2D eigenvalue weighted by molar-refractivity contribution is 0.628. The van der Waals surface area contributed by atoms with Crippen LogP contribution >= 0.6 is 0 Å². The number of hydrogen-bond donors (Lipinski definition) is 3. The van der Waals surface area contributed by atoms with Gasteiger partial charge in [-0.2, -0.15) is 0 Å². The Labute approximate surface area is 265 Å². The second-order valence-electron chi connectivity index (χ2n) is 11.7. The number of anilines is 2. The summed E-state index contributed by atoms with van der Waals surface area (Å²) in [5, 5.41) is 3.53. The maximum absolute atomic E-state index is 13.9. The van der Waals surface area contributed by atoms with Gasteiger partial charge in [0.1, 0.15) is 5.82 Å². The van der Waals surface area contributed by atoms with E-state index in [4.69, 9.17) is 9.97 Å². The third kappa shape index (κ3) is 5.20. The molecule has 0 fully saturated rings. The zero-order chi connectivity index (χ0) is 31.2. The molecule has 0 saturated carbocycles. The van der Waals surface area contributed by atoms with E-state index in [1.807, 2.05) is 6.08 Å². The first-order chi connectivity index (χ1) is 22.5. The molecule has 2 aliphatic rings. The van der Waals surface area contributed by atoms with Gasteiger partial charge in [-0.3, -0.25) is 0 Å². The quantitative estimate of drug-likeness (QED) is 0.188. The van der Waals surface area contributed by atoms with Gasteiger partial charge in [0.05, 0.1) is 34.0 Å². The summed E-state index contributed by atoms with van der Waals surface area (Å²) in [6.45, 7) is 4.17. The molecule has 3 aromatic carbocycles. The van der Waals surface area contributed by atoms with Crippen LogP contribution in [0.2, 0.25) is 0 Å². The Morgan fingerprint density at radius 3 is 1.80 bits per heavy atom. The molecule has 2 aliphatic heterocycles. The van der Waals surface area contributed by atoms with Crippen molar-refractivity contribution in [3.8, 4) is 22.3 Å². The molecule has 0 spiro atoms. The molecule has 222 valence electrons. The smallest absolute Gasteiger partial charge is 0.123 e. The van der Waals surface area contributed by atoms with E-state index >= 15 is 0 Å². The molecule has 0 saturated heterocycles. The molecule has 8 bridgehead atoms. The van der Waals surface area contributed by atoms with Gasteiger partial charge in [0.25, 0.3) is 0 Å². The van der Waals surface area contributed by atoms with Crippen LogP contribution in [-0.2, 0) is 0 Å². The van der Waals surface area contributed by atoms with Crippen molar-refractivity contribution in [1.82, 2.24) is 19.9 Å². The molecular formula is C40H30FN5. The lowest BCUT2D eigenvalue weighted by Crippen LogP contribution is -1.94.